The summed E-state index contributed by atoms with van der Waals surface area (Å²) in [6, 6.07) is -0.0857. The second-order valence-corrected chi connectivity index (χ2v) is 1.39. The van der Waals surface area contributed by atoms with Crippen LogP contribution in [0.1, 0.15) is 10.7 Å². The predicted octanol–water partition coefficient (Wildman–Crippen LogP) is -0.224. The molecule has 0 spiro atoms. The summed E-state index contributed by atoms with van der Waals surface area (Å²) in [5.74, 6) is -1.74. The highest BCUT2D eigenvalue weighted by Gasteiger charge is 2.12. The maximum atomic E-state index is 10.1. The van der Waals surface area contributed by atoms with E-state index in [4.69, 9.17) is 5.11 Å². The molecule has 1 N–H and O–H groups in total. The molecule has 0 bridgehead atoms. The lowest BCUT2D eigenvalue weighted by Crippen LogP contribution is -1.95. The van der Waals surface area contributed by atoms with Gasteiger partial charge in [0.15, 0.2) is 0 Å². The third kappa shape index (κ3) is 1.04. The number of aromatic nitrogens is 2. The summed E-state index contributed by atoms with van der Waals surface area (Å²) >= 11 is 0. The van der Waals surface area contributed by atoms with Crippen LogP contribution < -0.4 is 4.74 Å². The summed E-state index contributed by atoms with van der Waals surface area (Å²) in [5.41, 5.74) is 0. The van der Waals surface area contributed by atoms with E-state index in [1.54, 1.807) is 0 Å². The molecule has 1 aromatic heterocycles. The number of aromatic carboxylic acids is 1. The number of rotatable bonds is 2. The molecule has 0 atom stereocenters. The van der Waals surface area contributed by atoms with E-state index < -0.39 is 11.9 Å². The molecule has 0 fully saturated rings. The molecule has 10 heavy (non-hydrogen) atoms. The highest BCUT2D eigenvalue weighted by atomic mass is 16.6. The first-order chi connectivity index (χ1) is 4.74. The van der Waals surface area contributed by atoms with Crippen molar-refractivity contribution in [3.63, 3.8) is 0 Å². The fourth-order valence-electron chi connectivity index (χ4n) is 0.380. The Hall–Kier alpha value is -1.59. The zero-order chi connectivity index (χ0) is 7.56. The van der Waals surface area contributed by atoms with E-state index >= 15 is 0 Å². The maximum absolute atomic E-state index is 10.1. The van der Waals surface area contributed by atoms with Crippen LogP contribution in [0.2, 0.25) is 0 Å². The predicted molar refractivity (Wildman–Crippen MR) is 27.8 cm³/mol. The number of carboxylic acids is 1. The Kier molecular flexibility index (Phi) is 1.53. The lowest BCUT2D eigenvalue weighted by Gasteiger charge is -1.81. The quantitative estimate of drug-likeness (QED) is 0.617. The molecule has 1 heterocycles. The van der Waals surface area contributed by atoms with Crippen molar-refractivity contribution in [2.75, 3.05) is 7.11 Å². The van der Waals surface area contributed by atoms with Crippen molar-refractivity contribution in [2.45, 2.75) is 0 Å². The van der Waals surface area contributed by atoms with Crippen molar-refractivity contribution in [1.29, 1.82) is 0 Å². The van der Waals surface area contributed by atoms with Crippen molar-refractivity contribution in [2.24, 2.45) is 0 Å². The van der Waals surface area contributed by atoms with Gasteiger partial charge in [0.2, 0.25) is 0 Å². The highest BCUT2D eigenvalue weighted by Crippen LogP contribution is 2.02. The molecule has 1 aromatic rings. The summed E-state index contributed by atoms with van der Waals surface area (Å²) in [4.78, 5) is 13.4. The van der Waals surface area contributed by atoms with Gasteiger partial charge < -0.3 is 14.4 Å². The van der Waals surface area contributed by atoms with Crippen LogP contribution in [0.25, 0.3) is 0 Å². The molecule has 0 amide bonds. The largest absolute Gasteiger partial charge is 0.474 e. The van der Waals surface area contributed by atoms with Gasteiger partial charge in [-0.15, -0.1) is 4.98 Å². The van der Waals surface area contributed by atoms with Crippen molar-refractivity contribution < 1.29 is 19.2 Å². The molecule has 6 heteroatoms. The summed E-state index contributed by atoms with van der Waals surface area (Å²) in [5, 5.41) is 11.4. The summed E-state index contributed by atoms with van der Waals surface area (Å²) < 4.78 is 8.70. The molecule has 0 saturated carbocycles. The normalized spacial score (nSPS) is 9.30. The minimum absolute atomic E-state index is 0.0857. The fourth-order valence-corrected chi connectivity index (χ4v) is 0.380. The second kappa shape index (κ2) is 2.34. The first kappa shape index (κ1) is 6.53. The Labute approximate surface area is 55.4 Å². The van der Waals surface area contributed by atoms with E-state index in [-0.39, 0.29) is 6.01 Å². The smallest absolute Gasteiger partial charge is 0.394 e. The van der Waals surface area contributed by atoms with Gasteiger partial charge >= 0.3 is 17.9 Å². The van der Waals surface area contributed by atoms with Crippen LogP contribution in [0, 0.1) is 0 Å². The summed E-state index contributed by atoms with van der Waals surface area (Å²) in [6.45, 7) is 0. The third-order valence-electron chi connectivity index (χ3n) is 0.773. The summed E-state index contributed by atoms with van der Waals surface area (Å²) in [7, 11) is 1.32. The SMILES string of the molecule is COc1noc(C(=O)O)n1. The van der Waals surface area contributed by atoms with Gasteiger partial charge in [0.05, 0.1) is 7.11 Å². The number of methoxy groups -OCH3 is 1. The minimum Gasteiger partial charge on any atom is -0.474 e. The zero-order valence-corrected chi connectivity index (χ0v) is 5.07. The maximum Gasteiger partial charge on any atom is 0.394 e. The fraction of sp³-hybridized carbons (Fsp3) is 0.250. The van der Waals surface area contributed by atoms with Crippen LogP contribution in [-0.2, 0) is 0 Å². The van der Waals surface area contributed by atoms with Crippen molar-refractivity contribution >= 4 is 5.97 Å². The molecular weight excluding hydrogens is 140 g/mol. The van der Waals surface area contributed by atoms with Gasteiger partial charge in [0, 0.05) is 0 Å². The molecule has 0 aromatic carbocycles. The molecule has 1 rings (SSSR count). The monoisotopic (exact) mass is 144 g/mol. The number of carboxylic acid groups (broad SMARTS) is 1. The number of ether oxygens (including phenoxy) is 1. The first-order valence-corrected chi connectivity index (χ1v) is 2.35. The molecular formula is C4H4N2O4. The Morgan fingerprint density at radius 3 is 2.80 bits per heavy atom. The highest BCUT2D eigenvalue weighted by molar-refractivity contribution is 5.81. The lowest BCUT2D eigenvalue weighted by molar-refractivity contribution is 0.0643. The van der Waals surface area contributed by atoms with Gasteiger partial charge in [-0.3, -0.25) is 0 Å². The minimum atomic E-state index is -1.27. The van der Waals surface area contributed by atoms with Gasteiger partial charge in [0.1, 0.15) is 0 Å². The molecule has 0 aliphatic rings. The van der Waals surface area contributed by atoms with Crippen molar-refractivity contribution in [3.8, 4) is 6.01 Å². The number of nitrogens with zero attached hydrogens (tertiary/aromatic N) is 2. The molecule has 0 aliphatic heterocycles. The Bertz CT molecular complexity index is 243. The van der Waals surface area contributed by atoms with Gasteiger partial charge in [0.25, 0.3) is 0 Å². The molecule has 54 valence electrons. The zero-order valence-electron chi connectivity index (χ0n) is 5.07. The van der Waals surface area contributed by atoms with Crippen LogP contribution in [-0.4, -0.2) is 28.3 Å². The molecule has 0 saturated heterocycles. The molecule has 6 nitrogen and oxygen atoms in total. The van der Waals surface area contributed by atoms with E-state index in [0.717, 1.165) is 0 Å². The Balaban J connectivity index is 2.88. The van der Waals surface area contributed by atoms with Gasteiger partial charge in [-0.25, -0.2) is 4.79 Å². The van der Waals surface area contributed by atoms with E-state index in [1.165, 1.54) is 7.11 Å². The van der Waals surface area contributed by atoms with Crippen LogP contribution in [0.4, 0.5) is 0 Å². The van der Waals surface area contributed by atoms with Crippen molar-refractivity contribution in [3.05, 3.63) is 5.89 Å². The van der Waals surface area contributed by atoms with Crippen LogP contribution >= 0.6 is 0 Å². The van der Waals surface area contributed by atoms with E-state index in [1.807, 2.05) is 0 Å². The first-order valence-electron chi connectivity index (χ1n) is 2.35. The Morgan fingerprint density at radius 2 is 2.50 bits per heavy atom. The summed E-state index contributed by atoms with van der Waals surface area (Å²) in [6.07, 6.45) is 0. The third-order valence-corrected chi connectivity index (χ3v) is 0.773. The average Bonchev–Trinajstić information content (AvgIpc) is 2.34. The lowest BCUT2D eigenvalue weighted by atomic mass is 10.7. The topological polar surface area (TPSA) is 85.5 Å². The standard InChI is InChI=1S/C4H4N2O4/c1-9-4-5-2(3(7)8)10-6-4/h1H3,(H,7,8). The van der Waals surface area contributed by atoms with E-state index in [0.29, 0.717) is 0 Å². The number of hydrogen-bond acceptors (Lipinski definition) is 5. The second-order valence-electron chi connectivity index (χ2n) is 1.39. The average molecular weight is 144 g/mol. The van der Waals surface area contributed by atoms with Gasteiger partial charge in [-0.1, -0.05) is 0 Å². The number of hydrogen-bond donors (Lipinski definition) is 1. The van der Waals surface area contributed by atoms with Crippen molar-refractivity contribution in [1.82, 2.24) is 10.1 Å². The Morgan fingerprint density at radius 1 is 1.80 bits per heavy atom. The number of carbonyl (C=O) groups is 1. The van der Waals surface area contributed by atoms with Crippen LogP contribution in [0.15, 0.2) is 4.52 Å². The van der Waals surface area contributed by atoms with E-state index in [2.05, 4.69) is 19.4 Å². The molecule has 0 radical (unpaired) electrons. The van der Waals surface area contributed by atoms with Gasteiger partial charge in [-0.05, 0) is 5.16 Å². The van der Waals surface area contributed by atoms with Crippen LogP contribution in [0.3, 0.4) is 0 Å². The van der Waals surface area contributed by atoms with Gasteiger partial charge in [-0.2, -0.15) is 0 Å². The van der Waals surface area contributed by atoms with Crippen LogP contribution in [0.5, 0.6) is 6.01 Å². The molecule has 0 unspecified atom stereocenters. The van der Waals surface area contributed by atoms with E-state index in [9.17, 15) is 4.79 Å². The molecule has 0 aliphatic carbocycles.